The molecule has 0 aromatic rings. The van der Waals surface area contributed by atoms with Gasteiger partial charge in [-0.15, -0.1) is 0 Å². The largest absolute Gasteiger partial charge is 0.391 e. The molecule has 0 rings (SSSR count). The van der Waals surface area contributed by atoms with E-state index in [2.05, 4.69) is 0 Å². The summed E-state index contributed by atoms with van der Waals surface area (Å²) in [6, 6.07) is 0. The summed E-state index contributed by atoms with van der Waals surface area (Å²) in [6.45, 7) is 1.69. The molecule has 54 valence electrons. The van der Waals surface area contributed by atoms with Crippen molar-refractivity contribution in [3.05, 3.63) is 0 Å². The lowest BCUT2D eigenvalue weighted by Gasteiger charge is -1.98. The van der Waals surface area contributed by atoms with Crippen molar-refractivity contribution in [2.24, 2.45) is 0 Å². The molecule has 0 bridgehead atoms. The summed E-state index contributed by atoms with van der Waals surface area (Å²) in [7, 11) is -4.41. The van der Waals surface area contributed by atoms with Crippen molar-refractivity contribution in [1.82, 2.24) is 0 Å². The Bertz CT molecular complexity index is 147. The summed E-state index contributed by atoms with van der Waals surface area (Å²) in [5.74, 6) is 0. The molecule has 2 N–H and O–H groups in total. The molecule has 0 unspecified atom stereocenters. The van der Waals surface area contributed by atoms with Crippen molar-refractivity contribution < 1.29 is 19.1 Å². The first-order chi connectivity index (χ1) is 3.98. The fraction of sp³-hybridized carbons (Fsp3) is 0.750. The summed E-state index contributed by atoms with van der Waals surface area (Å²) in [5, 5.41) is 0. The van der Waals surface area contributed by atoms with E-state index in [-0.39, 0.29) is 6.42 Å². The second kappa shape index (κ2) is 3.11. The van der Waals surface area contributed by atoms with Crippen LogP contribution in [0.15, 0.2) is 0 Å². The van der Waals surface area contributed by atoms with E-state index in [1.165, 1.54) is 0 Å². The van der Waals surface area contributed by atoms with Gasteiger partial charge in [0, 0.05) is 6.42 Å². The van der Waals surface area contributed by atoms with Gasteiger partial charge in [-0.3, -0.25) is 9.36 Å². The lowest BCUT2D eigenvalue weighted by atomic mass is 10.4. The number of rotatable bonds is 3. The summed E-state index contributed by atoms with van der Waals surface area (Å²) < 4.78 is 10.1. The van der Waals surface area contributed by atoms with E-state index in [0.717, 1.165) is 0 Å². The highest BCUT2D eigenvalue weighted by Gasteiger charge is 2.23. The molecule has 0 radical (unpaired) electrons. The van der Waals surface area contributed by atoms with Crippen LogP contribution in [0.25, 0.3) is 0 Å². The predicted octanol–water partition coefficient (Wildman–Crippen LogP) is 0.491. The van der Waals surface area contributed by atoms with Gasteiger partial charge < -0.3 is 9.79 Å². The molecule has 0 saturated heterocycles. The molecule has 0 spiro atoms. The SMILES string of the molecule is CCCC(=O)P(=O)(O)O. The monoisotopic (exact) mass is 152 g/mol. The fourth-order valence-electron chi connectivity index (χ4n) is 0.360. The van der Waals surface area contributed by atoms with Crippen LogP contribution in [0.1, 0.15) is 19.8 Å². The second-order valence-corrected chi connectivity index (χ2v) is 3.27. The van der Waals surface area contributed by atoms with Crippen molar-refractivity contribution >= 4 is 13.1 Å². The molecule has 0 amide bonds. The van der Waals surface area contributed by atoms with Crippen LogP contribution in [0, 0.1) is 0 Å². The first-order valence-corrected chi connectivity index (χ1v) is 4.18. The maximum atomic E-state index is 10.3. The average Bonchev–Trinajstić information content (AvgIpc) is 1.64. The van der Waals surface area contributed by atoms with Crippen molar-refractivity contribution in [1.29, 1.82) is 0 Å². The average molecular weight is 152 g/mol. The Morgan fingerprint density at radius 3 is 2.11 bits per heavy atom. The summed E-state index contributed by atoms with van der Waals surface area (Å²) in [4.78, 5) is 26.7. The normalized spacial score (nSPS) is 11.4. The number of carbonyl (C=O) groups excluding carboxylic acids is 1. The molecule has 0 aromatic carbocycles. The van der Waals surface area contributed by atoms with Crippen molar-refractivity contribution in [3.63, 3.8) is 0 Å². The Labute approximate surface area is 53.0 Å². The van der Waals surface area contributed by atoms with Crippen LogP contribution in [-0.4, -0.2) is 15.3 Å². The minimum atomic E-state index is -4.41. The van der Waals surface area contributed by atoms with Crippen molar-refractivity contribution in [2.75, 3.05) is 0 Å². The van der Waals surface area contributed by atoms with E-state index in [4.69, 9.17) is 9.79 Å². The van der Waals surface area contributed by atoms with E-state index in [1.54, 1.807) is 6.92 Å². The van der Waals surface area contributed by atoms with Crippen molar-refractivity contribution in [2.45, 2.75) is 19.8 Å². The van der Waals surface area contributed by atoms with Gasteiger partial charge in [-0.1, -0.05) is 6.92 Å². The molecule has 5 heteroatoms. The highest BCUT2D eigenvalue weighted by atomic mass is 31.2. The molecule has 0 aliphatic rings. The molecule has 0 saturated carbocycles. The molecular formula is C4H9O4P. The summed E-state index contributed by atoms with van der Waals surface area (Å²) >= 11 is 0. The summed E-state index contributed by atoms with van der Waals surface area (Å²) in [5.41, 5.74) is -0.968. The van der Waals surface area contributed by atoms with Gasteiger partial charge in [0.25, 0.3) is 0 Å². The molecule has 9 heavy (non-hydrogen) atoms. The van der Waals surface area contributed by atoms with E-state index in [9.17, 15) is 9.36 Å². The Kier molecular flexibility index (Phi) is 3.04. The van der Waals surface area contributed by atoms with E-state index < -0.39 is 13.1 Å². The van der Waals surface area contributed by atoms with E-state index >= 15 is 0 Å². The topological polar surface area (TPSA) is 74.6 Å². The van der Waals surface area contributed by atoms with Gasteiger partial charge in [-0.05, 0) is 6.42 Å². The lowest BCUT2D eigenvalue weighted by Crippen LogP contribution is -1.96. The molecule has 0 fully saturated rings. The van der Waals surface area contributed by atoms with Gasteiger partial charge in [0.2, 0.25) is 5.52 Å². The molecular weight excluding hydrogens is 143 g/mol. The third kappa shape index (κ3) is 3.40. The molecule has 0 aromatic heterocycles. The van der Waals surface area contributed by atoms with Gasteiger partial charge in [-0.2, -0.15) is 0 Å². The molecule has 0 atom stereocenters. The first-order valence-electron chi connectivity index (χ1n) is 2.57. The fourth-order valence-corrected chi connectivity index (χ4v) is 0.874. The van der Waals surface area contributed by atoms with Crippen LogP contribution in [0.3, 0.4) is 0 Å². The number of hydrogen-bond acceptors (Lipinski definition) is 2. The Hall–Kier alpha value is -0.180. The predicted molar refractivity (Wildman–Crippen MR) is 32.0 cm³/mol. The zero-order chi connectivity index (χ0) is 7.49. The van der Waals surface area contributed by atoms with Gasteiger partial charge >= 0.3 is 7.60 Å². The van der Waals surface area contributed by atoms with Crippen LogP contribution in [0.2, 0.25) is 0 Å². The van der Waals surface area contributed by atoms with Crippen LogP contribution >= 0.6 is 7.60 Å². The van der Waals surface area contributed by atoms with E-state index in [1.807, 2.05) is 0 Å². The van der Waals surface area contributed by atoms with Crippen LogP contribution in [0.5, 0.6) is 0 Å². The van der Waals surface area contributed by atoms with Gasteiger partial charge in [0.15, 0.2) is 0 Å². The second-order valence-electron chi connectivity index (χ2n) is 1.69. The molecule has 0 aliphatic heterocycles. The Morgan fingerprint density at radius 2 is 2.00 bits per heavy atom. The zero-order valence-electron chi connectivity index (χ0n) is 5.07. The van der Waals surface area contributed by atoms with Crippen LogP contribution < -0.4 is 0 Å². The minimum absolute atomic E-state index is 0.0374. The van der Waals surface area contributed by atoms with Crippen LogP contribution in [-0.2, 0) is 9.36 Å². The highest BCUT2D eigenvalue weighted by molar-refractivity contribution is 7.70. The maximum absolute atomic E-state index is 10.3. The third-order valence-corrected chi connectivity index (χ3v) is 1.66. The number of carbonyl (C=O) groups is 1. The Morgan fingerprint density at radius 1 is 1.56 bits per heavy atom. The quantitative estimate of drug-likeness (QED) is 0.577. The van der Waals surface area contributed by atoms with Gasteiger partial charge in [0.1, 0.15) is 0 Å². The minimum Gasteiger partial charge on any atom is -0.319 e. The summed E-state index contributed by atoms with van der Waals surface area (Å²) in [6.07, 6.45) is 0.439. The molecule has 4 nitrogen and oxygen atoms in total. The maximum Gasteiger partial charge on any atom is 0.391 e. The first kappa shape index (κ1) is 8.82. The standard InChI is InChI=1S/C4H9O4P/c1-2-3-4(5)9(6,7)8/h2-3H2,1H3,(H2,6,7,8). The zero-order valence-corrected chi connectivity index (χ0v) is 5.97. The van der Waals surface area contributed by atoms with Crippen LogP contribution in [0.4, 0.5) is 0 Å². The van der Waals surface area contributed by atoms with Crippen molar-refractivity contribution in [3.8, 4) is 0 Å². The van der Waals surface area contributed by atoms with Gasteiger partial charge in [-0.25, -0.2) is 0 Å². The molecule has 0 aliphatic carbocycles. The smallest absolute Gasteiger partial charge is 0.319 e. The van der Waals surface area contributed by atoms with Gasteiger partial charge in [0.05, 0.1) is 0 Å². The van der Waals surface area contributed by atoms with E-state index in [0.29, 0.717) is 6.42 Å². The third-order valence-electron chi connectivity index (χ3n) is 0.789. The lowest BCUT2D eigenvalue weighted by molar-refractivity contribution is -0.113. The molecule has 0 heterocycles. The Balaban J connectivity index is 3.90. The number of hydrogen-bond donors (Lipinski definition) is 2. The highest BCUT2D eigenvalue weighted by Crippen LogP contribution is 2.36.